The smallest absolute Gasteiger partial charge is 0.253 e. The fourth-order valence-electron chi connectivity index (χ4n) is 3.16. The molecule has 21 heavy (non-hydrogen) atoms. The molecule has 2 aliphatic heterocycles. The number of carbonyl (C=O) groups is 1. The van der Waals surface area contributed by atoms with Crippen LogP contribution < -0.4 is 5.32 Å². The number of hydrogen-bond acceptors (Lipinski definition) is 4. The van der Waals surface area contributed by atoms with Gasteiger partial charge in [0.1, 0.15) is 0 Å². The SMILES string of the molecule is CSc1ccc(C(=O)N2CCN(C3CCNC3)CC2)cc1. The van der Waals surface area contributed by atoms with Crippen molar-refractivity contribution in [2.75, 3.05) is 45.5 Å². The van der Waals surface area contributed by atoms with Gasteiger partial charge in [-0.25, -0.2) is 0 Å². The van der Waals surface area contributed by atoms with E-state index in [4.69, 9.17) is 0 Å². The van der Waals surface area contributed by atoms with Crippen LogP contribution in [0.4, 0.5) is 0 Å². The van der Waals surface area contributed by atoms with Crippen molar-refractivity contribution in [1.29, 1.82) is 0 Å². The molecule has 0 bridgehead atoms. The van der Waals surface area contributed by atoms with Crippen LogP contribution in [-0.2, 0) is 0 Å². The predicted molar refractivity (Wildman–Crippen MR) is 87.0 cm³/mol. The molecular weight excluding hydrogens is 282 g/mol. The van der Waals surface area contributed by atoms with Crippen molar-refractivity contribution in [3.8, 4) is 0 Å². The van der Waals surface area contributed by atoms with Crippen LogP contribution in [0.5, 0.6) is 0 Å². The highest BCUT2D eigenvalue weighted by molar-refractivity contribution is 7.98. The average molecular weight is 305 g/mol. The predicted octanol–water partition coefficient (Wildman–Crippen LogP) is 1.53. The number of carbonyl (C=O) groups excluding carboxylic acids is 1. The van der Waals surface area contributed by atoms with Crippen molar-refractivity contribution < 1.29 is 4.79 Å². The van der Waals surface area contributed by atoms with E-state index in [2.05, 4.69) is 10.2 Å². The number of nitrogens with zero attached hydrogens (tertiary/aromatic N) is 2. The van der Waals surface area contributed by atoms with E-state index in [1.54, 1.807) is 11.8 Å². The van der Waals surface area contributed by atoms with Gasteiger partial charge in [-0.05, 0) is 43.5 Å². The Labute approximate surface area is 130 Å². The van der Waals surface area contributed by atoms with E-state index in [0.29, 0.717) is 6.04 Å². The normalized spacial score (nSPS) is 23.5. The summed E-state index contributed by atoms with van der Waals surface area (Å²) < 4.78 is 0. The first kappa shape index (κ1) is 14.9. The second-order valence-corrected chi connectivity index (χ2v) is 6.58. The summed E-state index contributed by atoms with van der Waals surface area (Å²) in [6.07, 6.45) is 3.29. The number of nitrogens with one attached hydrogen (secondary N) is 1. The molecule has 2 aliphatic rings. The molecule has 0 spiro atoms. The lowest BCUT2D eigenvalue weighted by molar-refractivity contribution is 0.0584. The molecule has 2 heterocycles. The molecule has 1 amide bonds. The Morgan fingerprint density at radius 2 is 1.90 bits per heavy atom. The number of piperazine rings is 1. The molecule has 4 nitrogen and oxygen atoms in total. The van der Waals surface area contributed by atoms with Crippen molar-refractivity contribution in [2.45, 2.75) is 17.4 Å². The Morgan fingerprint density at radius 3 is 2.48 bits per heavy atom. The van der Waals surface area contributed by atoms with Crippen molar-refractivity contribution in [2.24, 2.45) is 0 Å². The third kappa shape index (κ3) is 3.42. The van der Waals surface area contributed by atoms with E-state index in [1.165, 1.54) is 11.3 Å². The van der Waals surface area contributed by atoms with Crippen molar-refractivity contribution in [1.82, 2.24) is 15.1 Å². The van der Waals surface area contributed by atoms with Gasteiger partial charge < -0.3 is 10.2 Å². The zero-order chi connectivity index (χ0) is 14.7. The highest BCUT2D eigenvalue weighted by Gasteiger charge is 2.28. The molecule has 2 fully saturated rings. The third-order valence-electron chi connectivity index (χ3n) is 4.49. The highest BCUT2D eigenvalue weighted by atomic mass is 32.2. The maximum Gasteiger partial charge on any atom is 0.253 e. The molecular formula is C16H23N3OS. The molecule has 1 atom stereocenters. The van der Waals surface area contributed by atoms with Crippen molar-refractivity contribution in [3.05, 3.63) is 29.8 Å². The Kier molecular flexibility index (Phi) is 4.83. The number of hydrogen-bond donors (Lipinski definition) is 1. The summed E-state index contributed by atoms with van der Waals surface area (Å²) in [5.41, 5.74) is 0.809. The summed E-state index contributed by atoms with van der Waals surface area (Å²) in [5, 5.41) is 3.42. The number of rotatable bonds is 3. The van der Waals surface area contributed by atoms with E-state index in [0.717, 1.165) is 44.8 Å². The second kappa shape index (κ2) is 6.81. The molecule has 2 saturated heterocycles. The third-order valence-corrected chi connectivity index (χ3v) is 5.23. The van der Waals surface area contributed by atoms with Crippen LogP contribution in [0.2, 0.25) is 0 Å². The molecule has 1 aromatic rings. The van der Waals surface area contributed by atoms with E-state index in [1.807, 2.05) is 35.4 Å². The lowest BCUT2D eigenvalue weighted by Crippen LogP contribution is -2.52. The van der Waals surface area contributed by atoms with Gasteiger partial charge in [0.15, 0.2) is 0 Å². The van der Waals surface area contributed by atoms with Crippen LogP contribution in [0.25, 0.3) is 0 Å². The van der Waals surface area contributed by atoms with Gasteiger partial charge in [0, 0.05) is 49.2 Å². The van der Waals surface area contributed by atoms with Gasteiger partial charge in [-0.1, -0.05) is 0 Å². The fourth-order valence-corrected chi connectivity index (χ4v) is 3.57. The second-order valence-electron chi connectivity index (χ2n) is 5.70. The van der Waals surface area contributed by atoms with Gasteiger partial charge in [0.2, 0.25) is 0 Å². The number of amides is 1. The monoisotopic (exact) mass is 305 g/mol. The lowest BCUT2D eigenvalue weighted by atomic mass is 10.1. The maximum atomic E-state index is 12.5. The van der Waals surface area contributed by atoms with Crippen molar-refractivity contribution in [3.63, 3.8) is 0 Å². The van der Waals surface area contributed by atoms with E-state index >= 15 is 0 Å². The summed E-state index contributed by atoms with van der Waals surface area (Å²) in [6, 6.07) is 8.61. The van der Waals surface area contributed by atoms with Crippen LogP contribution in [-0.4, -0.2) is 67.3 Å². The summed E-state index contributed by atoms with van der Waals surface area (Å²) in [6.45, 7) is 5.93. The molecule has 0 aliphatic carbocycles. The summed E-state index contributed by atoms with van der Waals surface area (Å²) in [4.78, 5) is 18.2. The van der Waals surface area contributed by atoms with Gasteiger partial charge in [-0.15, -0.1) is 11.8 Å². The Bertz CT molecular complexity index is 477. The molecule has 3 rings (SSSR count). The van der Waals surface area contributed by atoms with Gasteiger partial charge in [-0.3, -0.25) is 9.69 Å². The van der Waals surface area contributed by atoms with Gasteiger partial charge in [0.05, 0.1) is 0 Å². The van der Waals surface area contributed by atoms with Gasteiger partial charge in [0.25, 0.3) is 5.91 Å². The maximum absolute atomic E-state index is 12.5. The minimum atomic E-state index is 0.173. The summed E-state index contributed by atoms with van der Waals surface area (Å²) in [7, 11) is 0. The van der Waals surface area contributed by atoms with Gasteiger partial charge >= 0.3 is 0 Å². The number of thioether (sulfide) groups is 1. The Hall–Kier alpha value is -1.04. The molecule has 0 radical (unpaired) electrons. The Morgan fingerprint density at radius 1 is 1.19 bits per heavy atom. The first-order chi connectivity index (χ1) is 10.3. The Balaban J connectivity index is 1.56. The minimum Gasteiger partial charge on any atom is -0.336 e. The molecule has 1 aromatic carbocycles. The standard InChI is InChI=1S/C16H23N3OS/c1-21-15-4-2-13(3-5-15)16(20)19-10-8-18(9-11-19)14-6-7-17-12-14/h2-5,14,17H,6-12H2,1H3. The number of benzene rings is 1. The minimum absolute atomic E-state index is 0.173. The highest BCUT2D eigenvalue weighted by Crippen LogP contribution is 2.17. The van der Waals surface area contributed by atoms with Crippen LogP contribution in [0.15, 0.2) is 29.2 Å². The first-order valence-corrected chi connectivity index (χ1v) is 8.88. The molecule has 0 aromatic heterocycles. The van der Waals surface area contributed by atoms with E-state index < -0.39 is 0 Å². The van der Waals surface area contributed by atoms with Crippen LogP contribution in [0.1, 0.15) is 16.8 Å². The van der Waals surface area contributed by atoms with Crippen LogP contribution in [0, 0.1) is 0 Å². The molecule has 1 unspecified atom stereocenters. The largest absolute Gasteiger partial charge is 0.336 e. The van der Waals surface area contributed by atoms with Crippen LogP contribution in [0.3, 0.4) is 0 Å². The topological polar surface area (TPSA) is 35.6 Å². The van der Waals surface area contributed by atoms with E-state index in [-0.39, 0.29) is 5.91 Å². The lowest BCUT2D eigenvalue weighted by Gasteiger charge is -2.37. The summed E-state index contributed by atoms with van der Waals surface area (Å²) in [5.74, 6) is 0.173. The van der Waals surface area contributed by atoms with Crippen molar-refractivity contribution >= 4 is 17.7 Å². The van der Waals surface area contributed by atoms with Gasteiger partial charge in [-0.2, -0.15) is 0 Å². The quantitative estimate of drug-likeness (QED) is 0.859. The average Bonchev–Trinajstić information content (AvgIpc) is 3.09. The van der Waals surface area contributed by atoms with Crippen LogP contribution >= 0.6 is 11.8 Å². The summed E-state index contributed by atoms with van der Waals surface area (Å²) >= 11 is 1.70. The zero-order valence-corrected chi connectivity index (χ0v) is 13.4. The molecule has 1 N–H and O–H groups in total. The molecule has 5 heteroatoms. The zero-order valence-electron chi connectivity index (χ0n) is 12.5. The first-order valence-electron chi connectivity index (χ1n) is 7.66. The molecule has 114 valence electrons. The molecule has 0 saturated carbocycles. The fraction of sp³-hybridized carbons (Fsp3) is 0.562. The van der Waals surface area contributed by atoms with E-state index in [9.17, 15) is 4.79 Å².